The summed E-state index contributed by atoms with van der Waals surface area (Å²) in [6.07, 6.45) is 2.17. The molecule has 0 aliphatic heterocycles. The van der Waals surface area contributed by atoms with Gasteiger partial charge in [-0.25, -0.2) is 4.79 Å². The zero-order valence-electron chi connectivity index (χ0n) is 7.43. The molecule has 0 heterocycles. The molecule has 0 aromatic heterocycles. The van der Waals surface area contributed by atoms with Gasteiger partial charge in [0.1, 0.15) is 0 Å². The number of carboxylic acids is 1. The molecule has 0 bridgehead atoms. The summed E-state index contributed by atoms with van der Waals surface area (Å²) < 4.78 is 28.0. The highest BCUT2D eigenvalue weighted by Gasteiger charge is 2.00. The van der Waals surface area contributed by atoms with E-state index in [2.05, 4.69) is 6.58 Å². The van der Waals surface area contributed by atoms with Crippen LogP contribution in [-0.4, -0.2) is 29.8 Å². The monoisotopic (exact) mass is 210 g/mol. The maximum atomic E-state index is 9.95. The van der Waals surface area contributed by atoms with Gasteiger partial charge in [0.2, 0.25) is 0 Å². The Labute approximate surface area is 77.8 Å². The number of hydrogen-bond acceptors (Lipinski definition) is 3. The maximum absolute atomic E-state index is 9.95. The van der Waals surface area contributed by atoms with Gasteiger partial charge < -0.3 is 5.11 Å². The van der Waals surface area contributed by atoms with Gasteiger partial charge in [0.15, 0.2) is 0 Å². The molecule has 13 heavy (non-hydrogen) atoms. The van der Waals surface area contributed by atoms with Gasteiger partial charge in [-0.1, -0.05) is 19.9 Å². The van der Waals surface area contributed by atoms with Gasteiger partial charge in [-0.2, -0.15) is 8.42 Å². The van der Waals surface area contributed by atoms with E-state index in [0.717, 1.165) is 12.5 Å². The molecule has 0 saturated heterocycles. The number of aliphatic carboxylic acids is 1. The summed E-state index contributed by atoms with van der Waals surface area (Å²) in [7, 11) is -3.69. The molecule has 6 heteroatoms. The molecule has 0 aliphatic carbocycles. The van der Waals surface area contributed by atoms with Gasteiger partial charge in [0.25, 0.3) is 10.1 Å². The van der Waals surface area contributed by atoms with E-state index in [9.17, 15) is 13.2 Å². The Balaban J connectivity index is 0. The van der Waals surface area contributed by atoms with E-state index in [4.69, 9.17) is 9.66 Å². The fourth-order valence-corrected chi connectivity index (χ4v) is 0.980. The summed E-state index contributed by atoms with van der Waals surface area (Å²) in [5.41, 5.74) is 0. The highest BCUT2D eigenvalue weighted by molar-refractivity contribution is 7.85. The second-order valence-electron chi connectivity index (χ2n) is 2.18. The number of rotatable bonds is 4. The normalized spacial score (nSPS) is 9.69. The Morgan fingerprint density at radius 1 is 1.54 bits per heavy atom. The van der Waals surface area contributed by atoms with Crippen LogP contribution < -0.4 is 0 Å². The molecule has 0 aromatic rings. The van der Waals surface area contributed by atoms with E-state index in [0.29, 0.717) is 6.42 Å². The van der Waals surface area contributed by atoms with Crippen LogP contribution in [0.15, 0.2) is 12.7 Å². The van der Waals surface area contributed by atoms with E-state index < -0.39 is 16.1 Å². The van der Waals surface area contributed by atoms with Crippen molar-refractivity contribution >= 4 is 16.1 Å². The second-order valence-corrected chi connectivity index (χ2v) is 3.75. The van der Waals surface area contributed by atoms with Crippen LogP contribution in [0.5, 0.6) is 0 Å². The van der Waals surface area contributed by atoms with Crippen molar-refractivity contribution in [3.05, 3.63) is 12.7 Å². The summed E-state index contributed by atoms with van der Waals surface area (Å²) in [5, 5.41) is 7.60. The van der Waals surface area contributed by atoms with E-state index in [1.165, 1.54) is 0 Å². The molecule has 0 fully saturated rings. The minimum atomic E-state index is -3.69. The molecular weight excluding hydrogens is 196 g/mol. The number of hydrogen-bond donors (Lipinski definition) is 2. The van der Waals surface area contributed by atoms with Gasteiger partial charge in [-0.15, -0.1) is 0 Å². The second kappa shape index (κ2) is 7.75. The molecule has 0 rings (SSSR count). The van der Waals surface area contributed by atoms with E-state index in [-0.39, 0.29) is 5.75 Å². The average molecular weight is 210 g/mol. The molecule has 0 unspecified atom stereocenters. The molecule has 78 valence electrons. The predicted molar refractivity (Wildman–Crippen MR) is 49.2 cm³/mol. The van der Waals surface area contributed by atoms with Crippen LogP contribution in [0.1, 0.15) is 19.8 Å². The van der Waals surface area contributed by atoms with Gasteiger partial charge in [0, 0.05) is 6.08 Å². The first-order valence-corrected chi connectivity index (χ1v) is 5.25. The van der Waals surface area contributed by atoms with Crippen LogP contribution in [0.25, 0.3) is 0 Å². The molecule has 0 spiro atoms. The van der Waals surface area contributed by atoms with Gasteiger partial charge >= 0.3 is 5.97 Å². The smallest absolute Gasteiger partial charge is 0.327 e. The molecule has 0 amide bonds. The zero-order valence-corrected chi connectivity index (χ0v) is 8.25. The van der Waals surface area contributed by atoms with Crippen molar-refractivity contribution in [3.63, 3.8) is 0 Å². The standard InChI is InChI=1S/C4H10O3S.C3H4O2/c1-2-3-4-8(5,6)7;1-2-3(4)5/h2-4H2,1H3,(H,5,6,7);2H,1H2,(H,4,5). The first-order chi connectivity index (χ1) is 5.83. The Morgan fingerprint density at radius 2 is 1.92 bits per heavy atom. The van der Waals surface area contributed by atoms with Crippen LogP contribution in [0.2, 0.25) is 0 Å². The van der Waals surface area contributed by atoms with Crippen molar-refractivity contribution in [2.75, 3.05) is 5.75 Å². The lowest BCUT2D eigenvalue weighted by molar-refractivity contribution is -0.131. The zero-order chi connectivity index (χ0) is 10.9. The highest BCUT2D eigenvalue weighted by atomic mass is 32.2. The van der Waals surface area contributed by atoms with Crippen molar-refractivity contribution in [2.24, 2.45) is 0 Å². The topological polar surface area (TPSA) is 91.7 Å². The fraction of sp³-hybridized carbons (Fsp3) is 0.571. The minimum absolute atomic E-state index is 0.108. The van der Waals surface area contributed by atoms with Gasteiger partial charge in [-0.05, 0) is 6.42 Å². The van der Waals surface area contributed by atoms with Crippen molar-refractivity contribution < 1.29 is 22.9 Å². The summed E-state index contributed by atoms with van der Waals surface area (Å²) in [6, 6.07) is 0. The van der Waals surface area contributed by atoms with E-state index in [1.807, 2.05) is 6.92 Å². The third kappa shape index (κ3) is 24.7. The summed E-state index contributed by atoms with van der Waals surface area (Å²) in [6.45, 7) is 4.83. The van der Waals surface area contributed by atoms with Gasteiger partial charge in [-0.3, -0.25) is 4.55 Å². The molecule has 0 aromatic carbocycles. The van der Waals surface area contributed by atoms with E-state index in [1.54, 1.807) is 0 Å². The lowest BCUT2D eigenvalue weighted by atomic mass is 10.4. The van der Waals surface area contributed by atoms with Crippen molar-refractivity contribution in [1.29, 1.82) is 0 Å². The molecule has 5 nitrogen and oxygen atoms in total. The van der Waals surface area contributed by atoms with Crippen molar-refractivity contribution in [2.45, 2.75) is 19.8 Å². The third-order valence-corrected chi connectivity index (χ3v) is 1.74. The first-order valence-electron chi connectivity index (χ1n) is 3.64. The lowest BCUT2D eigenvalue weighted by Gasteiger charge is -1.90. The first kappa shape index (κ1) is 14.6. The van der Waals surface area contributed by atoms with E-state index >= 15 is 0 Å². The molecule has 0 saturated carbocycles. The largest absolute Gasteiger partial charge is 0.478 e. The number of carboxylic acid groups (broad SMARTS) is 1. The Hall–Kier alpha value is -0.880. The Kier molecular flexibility index (Phi) is 8.73. The van der Waals surface area contributed by atoms with Crippen LogP contribution in [0, 0.1) is 0 Å². The molecular formula is C7H14O5S. The predicted octanol–water partition coefficient (Wildman–Crippen LogP) is 0.931. The average Bonchev–Trinajstić information content (AvgIpc) is 2.00. The van der Waals surface area contributed by atoms with Crippen LogP contribution in [-0.2, 0) is 14.9 Å². The number of unbranched alkanes of at least 4 members (excludes halogenated alkanes) is 1. The number of carbonyl (C=O) groups is 1. The Bertz CT molecular complexity index is 242. The van der Waals surface area contributed by atoms with Crippen molar-refractivity contribution in [3.8, 4) is 0 Å². The fourth-order valence-electron chi connectivity index (χ4n) is 0.327. The molecule has 0 aliphatic rings. The minimum Gasteiger partial charge on any atom is -0.478 e. The maximum Gasteiger partial charge on any atom is 0.327 e. The quantitative estimate of drug-likeness (QED) is 0.532. The summed E-state index contributed by atoms with van der Waals surface area (Å²) >= 11 is 0. The summed E-state index contributed by atoms with van der Waals surface area (Å²) in [5.74, 6) is -1.09. The van der Waals surface area contributed by atoms with Crippen LogP contribution in [0.3, 0.4) is 0 Å². The molecule has 0 radical (unpaired) electrons. The SMILES string of the molecule is C=CC(=O)O.CCCCS(=O)(=O)O. The molecule has 2 N–H and O–H groups in total. The molecule has 0 atom stereocenters. The van der Waals surface area contributed by atoms with Crippen LogP contribution >= 0.6 is 0 Å². The summed E-state index contributed by atoms with van der Waals surface area (Å²) in [4.78, 5) is 9.25. The third-order valence-electron chi connectivity index (χ3n) is 0.930. The lowest BCUT2D eigenvalue weighted by Crippen LogP contribution is -2.02. The highest BCUT2D eigenvalue weighted by Crippen LogP contribution is 1.90. The van der Waals surface area contributed by atoms with Crippen molar-refractivity contribution in [1.82, 2.24) is 0 Å². The van der Waals surface area contributed by atoms with Crippen LogP contribution in [0.4, 0.5) is 0 Å². The van der Waals surface area contributed by atoms with Gasteiger partial charge in [0.05, 0.1) is 5.75 Å². The Morgan fingerprint density at radius 3 is 2.00 bits per heavy atom.